The highest BCUT2D eigenvalue weighted by atomic mass is 31.2. The van der Waals surface area contributed by atoms with Crippen molar-refractivity contribution in [2.45, 2.75) is 26.0 Å². The van der Waals surface area contributed by atoms with Crippen molar-refractivity contribution >= 4 is 7.75 Å². The number of hydrogen-bond donors (Lipinski definition) is 0. The van der Waals surface area contributed by atoms with Crippen LogP contribution in [0.25, 0.3) is 0 Å². The van der Waals surface area contributed by atoms with E-state index in [-0.39, 0.29) is 12.1 Å². The Kier molecular flexibility index (Phi) is 3.69. The molecule has 0 N–H and O–H groups in total. The summed E-state index contributed by atoms with van der Waals surface area (Å²) in [6, 6.07) is 9.86. The number of rotatable bonds is 3. The van der Waals surface area contributed by atoms with Gasteiger partial charge < -0.3 is 0 Å². The van der Waals surface area contributed by atoms with Gasteiger partial charge in [-0.25, -0.2) is 9.24 Å². The highest BCUT2D eigenvalue weighted by molar-refractivity contribution is 7.51. The molecule has 0 amide bonds. The van der Waals surface area contributed by atoms with Crippen molar-refractivity contribution in [2.24, 2.45) is 0 Å². The Morgan fingerprint density at radius 3 is 2.65 bits per heavy atom. The average Bonchev–Trinajstić information content (AvgIpc) is 2.56. The van der Waals surface area contributed by atoms with Crippen LogP contribution in [0.1, 0.15) is 25.5 Å². The fourth-order valence-corrected chi connectivity index (χ4v) is 3.86. The Morgan fingerprint density at radius 1 is 1.41 bits per heavy atom. The SMILES string of the molecule is CCO[P@]1(=O)O[C@@H](c2ccccc2)[C@@H](C)N1C. The van der Waals surface area contributed by atoms with Gasteiger partial charge in [-0.15, -0.1) is 0 Å². The zero-order chi connectivity index (χ0) is 12.5. The summed E-state index contributed by atoms with van der Waals surface area (Å²) >= 11 is 0. The fraction of sp³-hybridized carbons (Fsp3) is 0.500. The van der Waals surface area contributed by atoms with E-state index >= 15 is 0 Å². The molecule has 1 aromatic rings. The quantitative estimate of drug-likeness (QED) is 0.777. The van der Waals surface area contributed by atoms with E-state index in [0.717, 1.165) is 5.56 Å². The van der Waals surface area contributed by atoms with Gasteiger partial charge in [0.15, 0.2) is 0 Å². The Labute approximate surface area is 102 Å². The van der Waals surface area contributed by atoms with E-state index in [0.29, 0.717) is 6.61 Å². The summed E-state index contributed by atoms with van der Waals surface area (Å²) in [7, 11) is -1.32. The predicted molar refractivity (Wildman–Crippen MR) is 66.7 cm³/mol. The van der Waals surface area contributed by atoms with E-state index in [1.807, 2.05) is 44.2 Å². The molecule has 0 bridgehead atoms. The van der Waals surface area contributed by atoms with Crippen LogP contribution in [0.4, 0.5) is 0 Å². The van der Waals surface area contributed by atoms with Gasteiger partial charge in [0.1, 0.15) is 6.10 Å². The van der Waals surface area contributed by atoms with Crippen LogP contribution in [-0.2, 0) is 13.6 Å². The second-order valence-corrected chi connectivity index (χ2v) is 6.17. The van der Waals surface area contributed by atoms with Crippen molar-refractivity contribution in [3.8, 4) is 0 Å². The lowest BCUT2D eigenvalue weighted by Crippen LogP contribution is -2.23. The normalized spacial score (nSPS) is 34.1. The van der Waals surface area contributed by atoms with E-state index < -0.39 is 7.75 Å². The van der Waals surface area contributed by atoms with Crippen LogP contribution in [0.3, 0.4) is 0 Å². The topological polar surface area (TPSA) is 38.8 Å². The molecule has 0 unspecified atom stereocenters. The molecule has 1 fully saturated rings. The van der Waals surface area contributed by atoms with E-state index in [1.165, 1.54) is 0 Å². The molecule has 2 rings (SSSR count). The highest BCUT2D eigenvalue weighted by Crippen LogP contribution is 2.62. The van der Waals surface area contributed by atoms with E-state index in [4.69, 9.17) is 9.05 Å². The maximum absolute atomic E-state index is 12.4. The molecule has 0 aliphatic carbocycles. The van der Waals surface area contributed by atoms with Gasteiger partial charge in [0.25, 0.3) is 0 Å². The standard InChI is InChI=1S/C12H18NO3P/c1-4-15-17(14)13(3)10(2)12(16-17)11-8-6-5-7-9-11/h5-10,12H,4H2,1-3H3/t10-,12-,17+/m1/s1. The number of nitrogens with zero attached hydrogens (tertiary/aromatic N) is 1. The van der Waals surface area contributed by atoms with Crippen molar-refractivity contribution in [3.05, 3.63) is 35.9 Å². The summed E-state index contributed by atoms with van der Waals surface area (Å²) < 4.78 is 25.1. The molecule has 0 aromatic heterocycles. The van der Waals surface area contributed by atoms with Gasteiger partial charge in [0.05, 0.1) is 6.61 Å². The number of hydrogen-bond acceptors (Lipinski definition) is 3. The molecule has 1 aliphatic heterocycles. The number of likely N-dealkylation sites (N-methyl/N-ethyl adjacent to an activating group) is 1. The van der Waals surface area contributed by atoms with E-state index in [2.05, 4.69) is 0 Å². The van der Waals surface area contributed by atoms with Gasteiger partial charge in [-0.05, 0) is 26.5 Å². The molecule has 94 valence electrons. The second-order valence-electron chi connectivity index (χ2n) is 4.14. The van der Waals surface area contributed by atoms with Crippen molar-refractivity contribution in [3.63, 3.8) is 0 Å². The fourth-order valence-electron chi connectivity index (χ4n) is 1.99. The Morgan fingerprint density at radius 2 is 2.06 bits per heavy atom. The van der Waals surface area contributed by atoms with Crippen LogP contribution in [0.2, 0.25) is 0 Å². The monoisotopic (exact) mass is 255 g/mol. The first-order chi connectivity index (χ1) is 8.08. The molecule has 1 heterocycles. The molecule has 3 atom stereocenters. The minimum atomic E-state index is -3.11. The van der Waals surface area contributed by atoms with E-state index in [1.54, 1.807) is 11.7 Å². The molecular formula is C12H18NO3P. The molecule has 0 radical (unpaired) electrons. The molecule has 0 saturated carbocycles. The van der Waals surface area contributed by atoms with Crippen molar-refractivity contribution in [2.75, 3.05) is 13.7 Å². The third-order valence-electron chi connectivity index (χ3n) is 3.08. The van der Waals surface area contributed by atoms with Crippen LogP contribution in [0, 0.1) is 0 Å². The molecule has 17 heavy (non-hydrogen) atoms. The molecule has 1 aromatic carbocycles. The van der Waals surface area contributed by atoms with Crippen LogP contribution in [0.15, 0.2) is 30.3 Å². The minimum absolute atomic E-state index is 0.0368. The summed E-state index contributed by atoms with van der Waals surface area (Å²) in [5.41, 5.74) is 1.03. The summed E-state index contributed by atoms with van der Waals surface area (Å²) in [5, 5.41) is 0. The number of benzene rings is 1. The highest BCUT2D eigenvalue weighted by Gasteiger charge is 2.47. The molecular weight excluding hydrogens is 237 g/mol. The first-order valence-electron chi connectivity index (χ1n) is 5.79. The van der Waals surface area contributed by atoms with Gasteiger partial charge in [0, 0.05) is 6.04 Å². The lowest BCUT2D eigenvalue weighted by Gasteiger charge is -2.19. The lowest BCUT2D eigenvalue weighted by atomic mass is 10.0. The first-order valence-corrected chi connectivity index (χ1v) is 7.29. The van der Waals surface area contributed by atoms with E-state index in [9.17, 15) is 4.57 Å². The zero-order valence-electron chi connectivity index (χ0n) is 10.4. The minimum Gasteiger partial charge on any atom is -0.297 e. The Balaban J connectivity index is 2.26. The molecule has 1 saturated heterocycles. The van der Waals surface area contributed by atoms with Crippen molar-refractivity contribution in [1.82, 2.24) is 4.67 Å². The smallest absolute Gasteiger partial charge is 0.297 e. The van der Waals surface area contributed by atoms with Crippen molar-refractivity contribution in [1.29, 1.82) is 0 Å². The Bertz CT molecular complexity index is 423. The van der Waals surface area contributed by atoms with Gasteiger partial charge in [-0.3, -0.25) is 9.05 Å². The maximum Gasteiger partial charge on any atom is 0.408 e. The Hall–Kier alpha value is -0.670. The summed E-state index contributed by atoms with van der Waals surface area (Å²) in [6.45, 7) is 4.20. The zero-order valence-corrected chi connectivity index (χ0v) is 11.3. The summed E-state index contributed by atoms with van der Waals surface area (Å²) in [6.07, 6.45) is -0.196. The predicted octanol–water partition coefficient (Wildman–Crippen LogP) is 3.22. The maximum atomic E-state index is 12.4. The van der Waals surface area contributed by atoms with Gasteiger partial charge >= 0.3 is 7.75 Å². The third kappa shape index (κ3) is 2.31. The average molecular weight is 255 g/mol. The van der Waals surface area contributed by atoms with Crippen molar-refractivity contribution < 1.29 is 13.6 Å². The third-order valence-corrected chi connectivity index (χ3v) is 5.30. The lowest BCUT2D eigenvalue weighted by molar-refractivity contribution is 0.175. The van der Waals surface area contributed by atoms with Crippen LogP contribution in [0.5, 0.6) is 0 Å². The first kappa shape index (κ1) is 12.8. The summed E-state index contributed by atoms with van der Waals surface area (Å²) in [5.74, 6) is 0. The van der Waals surface area contributed by atoms with Crippen LogP contribution in [-0.4, -0.2) is 24.4 Å². The van der Waals surface area contributed by atoms with Crippen LogP contribution < -0.4 is 0 Å². The van der Waals surface area contributed by atoms with Crippen LogP contribution >= 0.6 is 7.75 Å². The molecule has 5 heteroatoms. The molecule has 0 spiro atoms. The largest absolute Gasteiger partial charge is 0.408 e. The molecule has 4 nitrogen and oxygen atoms in total. The molecule has 1 aliphatic rings. The van der Waals surface area contributed by atoms with Gasteiger partial charge in [0.2, 0.25) is 0 Å². The second kappa shape index (κ2) is 4.91. The summed E-state index contributed by atoms with van der Waals surface area (Å²) in [4.78, 5) is 0. The van der Waals surface area contributed by atoms with Gasteiger partial charge in [-0.1, -0.05) is 30.3 Å². The van der Waals surface area contributed by atoms with Gasteiger partial charge in [-0.2, -0.15) is 0 Å².